The van der Waals surface area contributed by atoms with E-state index < -0.39 is 0 Å². The Labute approximate surface area is 188 Å². The van der Waals surface area contributed by atoms with E-state index >= 15 is 0 Å². The van der Waals surface area contributed by atoms with E-state index in [9.17, 15) is 0 Å². The first-order valence-corrected chi connectivity index (χ1v) is 11.0. The number of hydrogen-bond acceptors (Lipinski definition) is 6. The lowest BCUT2D eigenvalue weighted by atomic mass is 10.0. The first-order valence-electron chi connectivity index (χ1n) is 10.7. The highest BCUT2D eigenvalue weighted by Crippen LogP contribution is 2.35. The molecule has 0 unspecified atom stereocenters. The number of anilines is 1. The number of aryl methyl sites for hydroxylation is 1. The van der Waals surface area contributed by atoms with E-state index in [1.165, 1.54) is 11.3 Å². The van der Waals surface area contributed by atoms with Gasteiger partial charge in [-0.25, -0.2) is 4.68 Å². The predicted molar refractivity (Wildman–Crippen MR) is 123 cm³/mol. The zero-order valence-corrected chi connectivity index (χ0v) is 19.3. The topological polar surface area (TPSA) is 59.3 Å². The van der Waals surface area contributed by atoms with Crippen molar-refractivity contribution in [3.63, 3.8) is 0 Å². The minimum atomic E-state index is -0.0869. The molecule has 0 bridgehead atoms. The first kappa shape index (κ1) is 21.6. The minimum Gasteiger partial charge on any atom is -0.496 e. The molecule has 1 fully saturated rings. The summed E-state index contributed by atoms with van der Waals surface area (Å²) in [5.74, 6) is 1.69. The number of halogens is 1. The molecule has 4 rings (SSSR count). The van der Waals surface area contributed by atoms with Crippen LogP contribution < -0.4 is 9.64 Å². The summed E-state index contributed by atoms with van der Waals surface area (Å²) in [4.78, 5) is 4.85. The van der Waals surface area contributed by atoms with Gasteiger partial charge in [0.1, 0.15) is 11.8 Å². The van der Waals surface area contributed by atoms with Crippen LogP contribution >= 0.6 is 11.6 Å². The Morgan fingerprint density at radius 2 is 1.77 bits per heavy atom. The average molecular weight is 441 g/mol. The Morgan fingerprint density at radius 1 is 1.03 bits per heavy atom. The second-order valence-corrected chi connectivity index (χ2v) is 8.61. The quantitative estimate of drug-likeness (QED) is 0.574. The lowest BCUT2D eigenvalue weighted by Gasteiger charge is -2.40. The SMILES string of the molecule is COc1ccccc1[C@H](c1nnnn1C(C)C)N1CCN(c2cc(Cl)ccc2C)CC1. The van der Waals surface area contributed by atoms with Crippen LogP contribution in [0.2, 0.25) is 5.02 Å². The summed E-state index contributed by atoms with van der Waals surface area (Å²) >= 11 is 6.27. The molecule has 0 aliphatic carbocycles. The van der Waals surface area contributed by atoms with Crippen molar-refractivity contribution in [2.45, 2.75) is 32.9 Å². The molecule has 1 aliphatic rings. The number of benzene rings is 2. The molecule has 0 amide bonds. The number of aromatic nitrogens is 4. The van der Waals surface area contributed by atoms with E-state index in [-0.39, 0.29) is 12.1 Å². The van der Waals surface area contributed by atoms with E-state index in [1.807, 2.05) is 28.9 Å². The molecule has 2 aromatic carbocycles. The molecule has 3 aromatic rings. The molecule has 1 aliphatic heterocycles. The zero-order chi connectivity index (χ0) is 22.0. The van der Waals surface area contributed by atoms with Crippen molar-refractivity contribution < 1.29 is 4.74 Å². The van der Waals surface area contributed by atoms with E-state index in [1.54, 1.807) is 7.11 Å². The van der Waals surface area contributed by atoms with E-state index in [0.717, 1.165) is 48.3 Å². The molecule has 7 nitrogen and oxygen atoms in total. The Kier molecular flexibility index (Phi) is 6.43. The molecular formula is C23H29ClN6O. The van der Waals surface area contributed by atoms with Crippen LogP contribution in [0.15, 0.2) is 42.5 Å². The van der Waals surface area contributed by atoms with Crippen LogP contribution in [0.1, 0.15) is 42.9 Å². The summed E-state index contributed by atoms with van der Waals surface area (Å²) in [7, 11) is 1.71. The van der Waals surface area contributed by atoms with Crippen LogP contribution in [0.5, 0.6) is 5.75 Å². The largest absolute Gasteiger partial charge is 0.496 e. The molecular weight excluding hydrogens is 412 g/mol. The fraction of sp³-hybridized carbons (Fsp3) is 0.435. The van der Waals surface area contributed by atoms with E-state index in [4.69, 9.17) is 16.3 Å². The third kappa shape index (κ3) is 4.38. The van der Waals surface area contributed by atoms with Crippen molar-refractivity contribution in [2.24, 2.45) is 0 Å². The van der Waals surface area contributed by atoms with Gasteiger partial charge in [-0.15, -0.1) is 5.10 Å². The standard InChI is InChI=1S/C23H29ClN6O/c1-16(2)30-23(25-26-27-30)22(19-7-5-6-8-21(19)31-4)29-13-11-28(12-14-29)20-15-18(24)10-9-17(20)3/h5-10,15-16,22H,11-14H2,1-4H3/t22-/m1/s1. The number of tetrazole rings is 1. The minimum absolute atomic E-state index is 0.0869. The third-order valence-corrected chi connectivity index (χ3v) is 6.11. The zero-order valence-electron chi connectivity index (χ0n) is 18.5. The summed E-state index contributed by atoms with van der Waals surface area (Å²) in [6, 6.07) is 14.3. The van der Waals surface area contributed by atoms with Crippen molar-refractivity contribution >= 4 is 17.3 Å². The maximum atomic E-state index is 6.27. The van der Waals surface area contributed by atoms with Crippen molar-refractivity contribution in [1.82, 2.24) is 25.1 Å². The van der Waals surface area contributed by atoms with Gasteiger partial charge in [-0.05, 0) is 55.0 Å². The summed E-state index contributed by atoms with van der Waals surface area (Å²) in [6.45, 7) is 9.87. The van der Waals surface area contributed by atoms with Gasteiger partial charge in [0.05, 0.1) is 13.2 Å². The van der Waals surface area contributed by atoms with Gasteiger partial charge in [0.15, 0.2) is 5.82 Å². The van der Waals surface area contributed by atoms with Gasteiger partial charge in [-0.1, -0.05) is 35.9 Å². The lowest BCUT2D eigenvalue weighted by Crippen LogP contribution is -2.48. The van der Waals surface area contributed by atoms with E-state index in [0.29, 0.717) is 0 Å². The van der Waals surface area contributed by atoms with Crippen molar-refractivity contribution in [1.29, 1.82) is 0 Å². The third-order valence-electron chi connectivity index (χ3n) is 5.88. The van der Waals surface area contributed by atoms with E-state index in [2.05, 4.69) is 64.3 Å². The van der Waals surface area contributed by atoms with Gasteiger partial charge in [0.25, 0.3) is 0 Å². The maximum Gasteiger partial charge on any atom is 0.173 e. The highest BCUT2D eigenvalue weighted by atomic mass is 35.5. The normalized spacial score (nSPS) is 16.0. The average Bonchev–Trinajstić information content (AvgIpc) is 3.26. The fourth-order valence-electron chi connectivity index (χ4n) is 4.28. The summed E-state index contributed by atoms with van der Waals surface area (Å²) in [5.41, 5.74) is 3.52. The summed E-state index contributed by atoms with van der Waals surface area (Å²) in [5, 5.41) is 13.5. The van der Waals surface area contributed by atoms with Gasteiger partial charge in [0, 0.05) is 42.5 Å². The highest BCUT2D eigenvalue weighted by Gasteiger charge is 2.33. The second kappa shape index (κ2) is 9.24. The van der Waals surface area contributed by atoms with Gasteiger partial charge in [0.2, 0.25) is 0 Å². The maximum absolute atomic E-state index is 6.27. The Hall–Kier alpha value is -2.64. The molecule has 1 aromatic heterocycles. The van der Waals surface area contributed by atoms with Crippen LogP contribution in [-0.2, 0) is 0 Å². The van der Waals surface area contributed by atoms with Gasteiger partial charge < -0.3 is 9.64 Å². The number of hydrogen-bond donors (Lipinski definition) is 0. The number of rotatable bonds is 6. The van der Waals surface area contributed by atoms with Crippen LogP contribution in [-0.4, -0.2) is 58.4 Å². The predicted octanol–water partition coefficient (Wildman–Crippen LogP) is 4.14. The van der Waals surface area contributed by atoms with Gasteiger partial charge in [-0.3, -0.25) is 4.90 Å². The van der Waals surface area contributed by atoms with Crippen LogP contribution in [0.3, 0.4) is 0 Å². The molecule has 0 spiro atoms. The molecule has 8 heteroatoms. The van der Waals surface area contributed by atoms with Crippen LogP contribution in [0.4, 0.5) is 5.69 Å². The molecule has 0 N–H and O–H groups in total. The number of ether oxygens (including phenoxy) is 1. The molecule has 0 saturated carbocycles. The molecule has 1 saturated heterocycles. The molecule has 1 atom stereocenters. The molecule has 2 heterocycles. The van der Waals surface area contributed by atoms with Crippen molar-refractivity contribution in [2.75, 3.05) is 38.2 Å². The van der Waals surface area contributed by atoms with Crippen molar-refractivity contribution in [3.05, 3.63) is 64.4 Å². The number of para-hydroxylation sites is 1. The fourth-order valence-corrected chi connectivity index (χ4v) is 4.45. The Morgan fingerprint density at radius 3 is 2.48 bits per heavy atom. The summed E-state index contributed by atoms with van der Waals surface area (Å²) < 4.78 is 7.61. The number of piperazine rings is 1. The summed E-state index contributed by atoms with van der Waals surface area (Å²) in [6.07, 6.45) is 0. The van der Waals surface area contributed by atoms with Gasteiger partial charge in [-0.2, -0.15) is 0 Å². The molecule has 164 valence electrons. The number of nitrogens with zero attached hydrogens (tertiary/aromatic N) is 6. The number of methoxy groups -OCH3 is 1. The molecule has 31 heavy (non-hydrogen) atoms. The second-order valence-electron chi connectivity index (χ2n) is 8.17. The van der Waals surface area contributed by atoms with Crippen LogP contribution in [0, 0.1) is 6.92 Å². The smallest absolute Gasteiger partial charge is 0.173 e. The monoisotopic (exact) mass is 440 g/mol. The lowest BCUT2D eigenvalue weighted by molar-refractivity contribution is 0.195. The van der Waals surface area contributed by atoms with Gasteiger partial charge >= 0.3 is 0 Å². The van der Waals surface area contributed by atoms with Crippen LogP contribution in [0.25, 0.3) is 0 Å². The molecule has 0 radical (unpaired) electrons. The highest BCUT2D eigenvalue weighted by molar-refractivity contribution is 6.30. The Bertz CT molecular complexity index is 1030. The van der Waals surface area contributed by atoms with Crippen molar-refractivity contribution in [3.8, 4) is 5.75 Å². The Balaban J connectivity index is 1.66. The first-order chi connectivity index (χ1) is 15.0.